The predicted octanol–water partition coefficient (Wildman–Crippen LogP) is 5.50. The van der Waals surface area contributed by atoms with Gasteiger partial charge in [-0.15, -0.1) is 24.8 Å². The largest absolute Gasteiger partial charge is 0.465 e. The van der Waals surface area contributed by atoms with Gasteiger partial charge in [0.2, 0.25) is 0 Å². The van der Waals surface area contributed by atoms with E-state index in [2.05, 4.69) is 83.9 Å². The molecule has 3 aliphatic rings. The van der Waals surface area contributed by atoms with E-state index in [0.29, 0.717) is 13.1 Å². The number of nitrogens with zero attached hydrogens (tertiary/aromatic N) is 2. The Bertz CT molecular complexity index is 1200. The van der Waals surface area contributed by atoms with E-state index in [-0.39, 0.29) is 30.7 Å². The van der Waals surface area contributed by atoms with Crippen molar-refractivity contribution in [2.45, 2.75) is 38.0 Å². The first-order valence-electron chi connectivity index (χ1n) is 11.8. The molecule has 2 aliphatic heterocycles. The lowest BCUT2D eigenvalue weighted by molar-refractivity contribution is 0.00473. The first-order chi connectivity index (χ1) is 16.0. The lowest BCUT2D eigenvalue weighted by atomic mass is 9.76. The second-order valence-corrected chi connectivity index (χ2v) is 9.82. The van der Waals surface area contributed by atoms with Crippen LogP contribution in [0.3, 0.4) is 0 Å². The quantitative estimate of drug-likeness (QED) is 0.487. The standard InChI is InChI=1S/C28H29N3O2.2ClH/c1-28(26-24-8-4-2-6-22(24)23-7-3-5-9-25(23)26)18-30(12-13-31(28)27(32)33)17-19-10-11-20-15-29-16-21(20)14-19;;/h2-11,14,26,29H,12-13,15-18H2,1H3,(H,32,33);2*1H. The first-order valence-corrected chi connectivity index (χ1v) is 11.8. The Morgan fingerprint density at radius 2 is 1.57 bits per heavy atom. The maximum absolute atomic E-state index is 12.4. The van der Waals surface area contributed by atoms with E-state index in [9.17, 15) is 9.90 Å². The van der Waals surface area contributed by atoms with Crippen LogP contribution in [-0.4, -0.2) is 46.2 Å². The van der Waals surface area contributed by atoms with Gasteiger partial charge in [0.05, 0.1) is 5.54 Å². The van der Waals surface area contributed by atoms with E-state index in [1.807, 2.05) is 0 Å². The third-order valence-corrected chi connectivity index (χ3v) is 7.79. The molecule has 0 radical (unpaired) electrons. The fourth-order valence-electron chi connectivity index (χ4n) is 6.34. The Kier molecular flexibility index (Phi) is 7.16. The van der Waals surface area contributed by atoms with Crippen LogP contribution in [-0.2, 0) is 19.6 Å². The van der Waals surface area contributed by atoms with Crippen LogP contribution in [0.4, 0.5) is 4.79 Å². The van der Waals surface area contributed by atoms with Gasteiger partial charge in [0.1, 0.15) is 0 Å². The number of fused-ring (bicyclic) bond motifs is 4. The Morgan fingerprint density at radius 1 is 0.943 bits per heavy atom. The zero-order valence-electron chi connectivity index (χ0n) is 19.7. The van der Waals surface area contributed by atoms with Gasteiger partial charge in [-0.05, 0) is 45.9 Å². The highest BCUT2D eigenvalue weighted by Crippen LogP contribution is 2.52. The molecule has 2 N–H and O–H groups in total. The maximum Gasteiger partial charge on any atom is 0.407 e. The lowest BCUT2D eigenvalue weighted by Crippen LogP contribution is -2.64. The monoisotopic (exact) mass is 511 g/mol. The first kappa shape index (κ1) is 25.5. The van der Waals surface area contributed by atoms with Gasteiger partial charge >= 0.3 is 6.09 Å². The Hall–Kier alpha value is -2.57. The fourth-order valence-corrected chi connectivity index (χ4v) is 6.34. The minimum absolute atomic E-state index is 0. The highest BCUT2D eigenvalue weighted by Gasteiger charge is 2.50. The zero-order chi connectivity index (χ0) is 22.6. The highest BCUT2D eigenvalue weighted by molar-refractivity contribution is 5.85. The van der Waals surface area contributed by atoms with E-state index < -0.39 is 11.6 Å². The Balaban J connectivity index is 0.00000144. The van der Waals surface area contributed by atoms with Crippen LogP contribution in [0.15, 0.2) is 66.7 Å². The zero-order valence-corrected chi connectivity index (χ0v) is 21.4. The molecule has 6 rings (SSSR count). The summed E-state index contributed by atoms with van der Waals surface area (Å²) in [6.45, 7) is 6.82. The third kappa shape index (κ3) is 4.21. The van der Waals surface area contributed by atoms with Crippen LogP contribution >= 0.6 is 24.8 Å². The molecule has 0 aromatic heterocycles. The minimum Gasteiger partial charge on any atom is -0.465 e. The van der Waals surface area contributed by atoms with Crippen molar-refractivity contribution in [2.24, 2.45) is 0 Å². The topological polar surface area (TPSA) is 55.8 Å². The van der Waals surface area contributed by atoms with Crippen molar-refractivity contribution in [2.75, 3.05) is 19.6 Å². The van der Waals surface area contributed by atoms with Gasteiger partial charge in [0.15, 0.2) is 0 Å². The van der Waals surface area contributed by atoms with Gasteiger partial charge < -0.3 is 10.4 Å². The molecule has 0 spiro atoms. The molecular formula is C28H31Cl2N3O2. The van der Waals surface area contributed by atoms with E-state index in [1.54, 1.807) is 4.90 Å². The van der Waals surface area contributed by atoms with E-state index in [0.717, 1.165) is 26.2 Å². The molecule has 3 aromatic rings. The predicted molar refractivity (Wildman–Crippen MR) is 144 cm³/mol. The number of rotatable bonds is 3. The molecular weight excluding hydrogens is 481 g/mol. The van der Waals surface area contributed by atoms with Gasteiger partial charge in [-0.2, -0.15) is 0 Å². The summed E-state index contributed by atoms with van der Waals surface area (Å²) < 4.78 is 0. The van der Waals surface area contributed by atoms with Crippen LogP contribution < -0.4 is 5.32 Å². The Morgan fingerprint density at radius 3 is 2.23 bits per heavy atom. The Labute approximate surface area is 219 Å². The summed E-state index contributed by atoms with van der Waals surface area (Å²) in [4.78, 5) is 16.6. The number of hydrogen-bond acceptors (Lipinski definition) is 3. The van der Waals surface area contributed by atoms with Crippen molar-refractivity contribution in [3.8, 4) is 11.1 Å². The van der Waals surface area contributed by atoms with Crippen molar-refractivity contribution < 1.29 is 9.90 Å². The van der Waals surface area contributed by atoms with Crippen LogP contribution in [0.1, 0.15) is 40.7 Å². The second kappa shape index (κ2) is 9.82. The fraction of sp³-hybridized carbons (Fsp3) is 0.321. The molecule has 3 aromatic carbocycles. The number of nitrogens with one attached hydrogen (secondary N) is 1. The smallest absolute Gasteiger partial charge is 0.407 e. The number of halogens is 2. The van der Waals surface area contributed by atoms with Gasteiger partial charge in [0, 0.05) is 45.2 Å². The van der Waals surface area contributed by atoms with Crippen LogP contribution in [0.25, 0.3) is 11.1 Å². The minimum atomic E-state index is -0.831. The summed E-state index contributed by atoms with van der Waals surface area (Å²) in [6, 6.07) is 23.8. The second-order valence-electron chi connectivity index (χ2n) is 9.82. The van der Waals surface area contributed by atoms with Gasteiger partial charge in [-0.1, -0.05) is 66.7 Å². The average molecular weight is 512 g/mol. The normalized spacial score (nSPS) is 20.9. The summed E-state index contributed by atoms with van der Waals surface area (Å²) in [5, 5.41) is 13.6. The summed E-state index contributed by atoms with van der Waals surface area (Å²) >= 11 is 0. The van der Waals surface area contributed by atoms with Crippen molar-refractivity contribution >= 4 is 30.9 Å². The third-order valence-electron chi connectivity index (χ3n) is 7.79. The number of piperazine rings is 1. The molecule has 1 fully saturated rings. The SMILES string of the molecule is CC1(C2c3ccccc3-c3ccccc32)CN(Cc2ccc3c(c2)CNC3)CCN1C(=O)O.Cl.Cl. The summed E-state index contributed by atoms with van der Waals surface area (Å²) in [7, 11) is 0. The number of carbonyl (C=O) groups is 1. The number of carboxylic acid groups (broad SMARTS) is 1. The molecule has 1 unspecified atom stereocenters. The maximum atomic E-state index is 12.4. The van der Waals surface area contributed by atoms with E-state index in [1.165, 1.54) is 38.9 Å². The molecule has 35 heavy (non-hydrogen) atoms. The molecule has 184 valence electrons. The van der Waals surface area contributed by atoms with Crippen molar-refractivity contribution in [3.63, 3.8) is 0 Å². The van der Waals surface area contributed by atoms with Crippen molar-refractivity contribution in [1.82, 2.24) is 15.1 Å². The van der Waals surface area contributed by atoms with Crippen molar-refractivity contribution in [1.29, 1.82) is 0 Å². The van der Waals surface area contributed by atoms with Crippen molar-refractivity contribution in [3.05, 3.63) is 94.5 Å². The van der Waals surface area contributed by atoms with Gasteiger partial charge in [0.25, 0.3) is 0 Å². The molecule has 7 heteroatoms. The molecule has 1 amide bonds. The molecule has 1 saturated heterocycles. The molecule has 0 saturated carbocycles. The molecule has 1 atom stereocenters. The van der Waals surface area contributed by atoms with Gasteiger partial charge in [-0.3, -0.25) is 9.80 Å². The van der Waals surface area contributed by atoms with E-state index >= 15 is 0 Å². The number of benzene rings is 3. The average Bonchev–Trinajstić information content (AvgIpc) is 3.41. The van der Waals surface area contributed by atoms with Crippen LogP contribution in [0, 0.1) is 0 Å². The number of hydrogen-bond donors (Lipinski definition) is 2. The van der Waals surface area contributed by atoms with E-state index in [4.69, 9.17) is 0 Å². The summed E-state index contributed by atoms with van der Waals surface area (Å²) in [5.74, 6) is 0.00743. The highest BCUT2D eigenvalue weighted by atomic mass is 35.5. The van der Waals surface area contributed by atoms with Crippen LogP contribution in [0.2, 0.25) is 0 Å². The van der Waals surface area contributed by atoms with Gasteiger partial charge in [-0.25, -0.2) is 4.79 Å². The molecule has 5 nitrogen and oxygen atoms in total. The molecule has 1 aliphatic carbocycles. The lowest BCUT2D eigenvalue weighted by Gasteiger charge is -2.51. The van der Waals surface area contributed by atoms with Crippen LogP contribution in [0.5, 0.6) is 0 Å². The summed E-state index contributed by atoms with van der Waals surface area (Å²) in [5.41, 5.74) is 8.44. The number of amides is 1. The molecule has 0 bridgehead atoms. The molecule has 2 heterocycles. The summed E-state index contributed by atoms with van der Waals surface area (Å²) in [6.07, 6.45) is -0.831.